The van der Waals surface area contributed by atoms with Gasteiger partial charge >= 0.3 is 0 Å². The summed E-state index contributed by atoms with van der Waals surface area (Å²) in [5.74, 6) is 0.129. The molecule has 2 fully saturated rings. The van der Waals surface area contributed by atoms with Crippen LogP contribution in [0.1, 0.15) is 34.8 Å². The number of pyridine rings is 1. The van der Waals surface area contributed by atoms with Gasteiger partial charge in [0.25, 0.3) is 5.91 Å². The third kappa shape index (κ3) is 3.16. The van der Waals surface area contributed by atoms with Gasteiger partial charge in [-0.25, -0.2) is 23.9 Å². The SMILES string of the molecule is CN1CC[C@H]2NC(=O)c3cnn4ccc(nc34)N3OCC[C@H]3c3cc(F)cnc3OC2C1. The topological polar surface area (TPSA) is 97.1 Å². The molecule has 10 nitrogen and oxygen atoms in total. The molecule has 6 heterocycles. The number of fused-ring (bicyclic) bond motifs is 6. The molecule has 3 aliphatic rings. The number of hydrogen-bond donors (Lipinski definition) is 1. The first-order chi connectivity index (χ1) is 15.6. The summed E-state index contributed by atoms with van der Waals surface area (Å²) in [7, 11) is 2.00. The monoisotopic (exact) mass is 439 g/mol. The molecule has 2 saturated heterocycles. The van der Waals surface area contributed by atoms with Crippen LogP contribution in [-0.2, 0) is 4.84 Å². The number of rotatable bonds is 0. The Morgan fingerprint density at radius 2 is 2.19 bits per heavy atom. The molecule has 0 aliphatic carbocycles. The minimum atomic E-state index is -0.449. The van der Waals surface area contributed by atoms with Crippen LogP contribution in [0.5, 0.6) is 5.88 Å². The van der Waals surface area contributed by atoms with Crippen molar-refractivity contribution in [1.29, 1.82) is 0 Å². The number of ether oxygens (including phenoxy) is 1. The Morgan fingerprint density at radius 1 is 1.28 bits per heavy atom. The van der Waals surface area contributed by atoms with Crippen LogP contribution in [0.2, 0.25) is 0 Å². The van der Waals surface area contributed by atoms with Crippen molar-refractivity contribution in [3.8, 4) is 5.88 Å². The smallest absolute Gasteiger partial charge is 0.257 e. The number of hydrogen-bond acceptors (Lipinski definition) is 8. The number of likely N-dealkylation sites (N-methyl/N-ethyl adjacent to an activating group) is 1. The van der Waals surface area contributed by atoms with E-state index in [-0.39, 0.29) is 24.1 Å². The Labute approximate surface area is 182 Å². The predicted octanol–water partition coefficient (Wildman–Crippen LogP) is 1.34. The van der Waals surface area contributed by atoms with E-state index in [1.165, 1.54) is 12.3 Å². The predicted molar refractivity (Wildman–Crippen MR) is 111 cm³/mol. The third-order valence-electron chi connectivity index (χ3n) is 6.28. The highest BCUT2D eigenvalue weighted by molar-refractivity contribution is 6.00. The number of aromatic nitrogens is 4. The molecule has 0 aromatic carbocycles. The van der Waals surface area contributed by atoms with Crippen LogP contribution in [0, 0.1) is 5.82 Å². The van der Waals surface area contributed by atoms with Gasteiger partial charge in [0, 0.05) is 37.3 Å². The van der Waals surface area contributed by atoms with Gasteiger partial charge in [-0.05, 0) is 19.5 Å². The number of nitrogens with one attached hydrogen (secondary N) is 1. The summed E-state index contributed by atoms with van der Waals surface area (Å²) in [5.41, 5.74) is 1.40. The molecule has 1 unspecified atom stereocenters. The molecule has 0 spiro atoms. The van der Waals surface area contributed by atoms with E-state index in [4.69, 9.17) is 9.57 Å². The summed E-state index contributed by atoms with van der Waals surface area (Å²) in [6.45, 7) is 1.86. The van der Waals surface area contributed by atoms with E-state index in [9.17, 15) is 9.18 Å². The summed E-state index contributed by atoms with van der Waals surface area (Å²) in [6.07, 6.45) is 5.37. The fourth-order valence-corrected chi connectivity index (χ4v) is 4.64. The van der Waals surface area contributed by atoms with Crippen molar-refractivity contribution in [2.75, 3.05) is 31.8 Å². The second-order valence-electron chi connectivity index (χ2n) is 8.41. The van der Waals surface area contributed by atoms with E-state index in [1.54, 1.807) is 21.8 Å². The Bertz CT molecular complexity index is 1200. The van der Waals surface area contributed by atoms with Gasteiger partial charge in [-0.3, -0.25) is 9.63 Å². The number of nitrogens with zero attached hydrogens (tertiary/aromatic N) is 6. The molecule has 3 aliphatic heterocycles. The molecule has 0 saturated carbocycles. The molecular formula is C21H22FN7O3. The Hall–Kier alpha value is -3.31. The summed E-state index contributed by atoms with van der Waals surface area (Å²) >= 11 is 0. The van der Waals surface area contributed by atoms with Crippen LogP contribution >= 0.6 is 0 Å². The number of amides is 1. The van der Waals surface area contributed by atoms with Crippen molar-refractivity contribution in [2.45, 2.75) is 31.0 Å². The molecule has 3 atom stereocenters. The van der Waals surface area contributed by atoms with Gasteiger partial charge in [0.05, 0.1) is 31.1 Å². The van der Waals surface area contributed by atoms with Gasteiger partial charge in [-0.2, -0.15) is 5.10 Å². The number of carbonyl (C=O) groups is 1. The fourth-order valence-electron chi connectivity index (χ4n) is 4.64. The van der Waals surface area contributed by atoms with Crippen LogP contribution in [-0.4, -0.2) is 69.3 Å². The minimum absolute atomic E-state index is 0.242. The molecule has 11 heteroatoms. The average molecular weight is 439 g/mol. The van der Waals surface area contributed by atoms with Gasteiger partial charge in [-0.15, -0.1) is 0 Å². The maximum atomic E-state index is 14.3. The van der Waals surface area contributed by atoms with Gasteiger partial charge in [0.2, 0.25) is 5.88 Å². The van der Waals surface area contributed by atoms with E-state index < -0.39 is 5.82 Å². The quantitative estimate of drug-likeness (QED) is 0.561. The second-order valence-corrected chi connectivity index (χ2v) is 8.41. The van der Waals surface area contributed by atoms with Crippen molar-refractivity contribution in [2.24, 2.45) is 0 Å². The zero-order valence-corrected chi connectivity index (χ0v) is 17.4. The van der Waals surface area contributed by atoms with Gasteiger partial charge < -0.3 is 15.0 Å². The van der Waals surface area contributed by atoms with E-state index in [0.717, 1.165) is 12.7 Å². The molecule has 0 radical (unpaired) electrons. The lowest BCUT2D eigenvalue weighted by atomic mass is 10.0. The highest BCUT2D eigenvalue weighted by atomic mass is 19.1. The van der Waals surface area contributed by atoms with Crippen molar-refractivity contribution >= 4 is 17.4 Å². The number of piperidine rings is 1. The molecule has 166 valence electrons. The Morgan fingerprint density at radius 3 is 3.09 bits per heavy atom. The zero-order chi connectivity index (χ0) is 21.8. The zero-order valence-electron chi connectivity index (χ0n) is 17.4. The molecular weight excluding hydrogens is 417 g/mol. The number of likely N-dealkylation sites (tertiary alicyclic amines) is 1. The van der Waals surface area contributed by atoms with Crippen molar-refractivity contribution in [1.82, 2.24) is 29.8 Å². The van der Waals surface area contributed by atoms with Crippen LogP contribution in [0.3, 0.4) is 0 Å². The minimum Gasteiger partial charge on any atom is -0.471 e. The Kier molecular flexibility index (Phi) is 4.47. The van der Waals surface area contributed by atoms with Crippen LogP contribution < -0.4 is 15.1 Å². The van der Waals surface area contributed by atoms with Crippen molar-refractivity contribution < 1.29 is 18.8 Å². The summed E-state index contributed by atoms with van der Waals surface area (Å²) in [4.78, 5) is 30.1. The van der Waals surface area contributed by atoms with Crippen molar-refractivity contribution in [3.05, 3.63) is 47.7 Å². The summed E-state index contributed by atoms with van der Waals surface area (Å²) in [5, 5.41) is 9.00. The fraction of sp³-hybridized carbons (Fsp3) is 0.429. The highest BCUT2D eigenvalue weighted by Gasteiger charge is 2.37. The van der Waals surface area contributed by atoms with Gasteiger partial charge in [0.15, 0.2) is 11.5 Å². The second kappa shape index (κ2) is 7.38. The first kappa shape index (κ1) is 19.4. The number of carbonyl (C=O) groups excluding carboxylic acids is 1. The average Bonchev–Trinajstić information content (AvgIpc) is 3.43. The van der Waals surface area contributed by atoms with Gasteiger partial charge in [-0.1, -0.05) is 0 Å². The maximum Gasteiger partial charge on any atom is 0.257 e. The van der Waals surface area contributed by atoms with E-state index in [2.05, 4.69) is 25.3 Å². The number of halogens is 1. The van der Waals surface area contributed by atoms with E-state index in [0.29, 0.717) is 54.5 Å². The van der Waals surface area contributed by atoms with E-state index in [1.807, 2.05) is 7.05 Å². The normalized spacial score (nSPS) is 25.8. The highest BCUT2D eigenvalue weighted by Crippen LogP contribution is 2.38. The standard InChI is InChI=1S/C21H22FN7O3/c1-27-5-2-15-17(11-27)32-21-13(8-12(22)9-23-21)16-4-7-31-29(16)18-3-6-28-19(26-18)14(10-24-28)20(30)25-15/h3,6,8-10,15-17H,2,4-5,7,11H2,1H3,(H,25,30)/t15-,16+,17?/m1/s1. The molecule has 32 heavy (non-hydrogen) atoms. The largest absolute Gasteiger partial charge is 0.471 e. The lowest BCUT2D eigenvalue weighted by Crippen LogP contribution is -2.55. The first-order valence-corrected chi connectivity index (χ1v) is 10.6. The molecule has 6 rings (SSSR count). The van der Waals surface area contributed by atoms with Crippen LogP contribution in [0.4, 0.5) is 10.2 Å². The van der Waals surface area contributed by atoms with Crippen molar-refractivity contribution in [3.63, 3.8) is 0 Å². The number of anilines is 1. The molecule has 3 aromatic heterocycles. The lowest BCUT2D eigenvalue weighted by Gasteiger charge is -2.37. The number of hydroxylamine groups is 1. The molecule has 3 aromatic rings. The lowest BCUT2D eigenvalue weighted by molar-refractivity contribution is 0.0578. The molecule has 1 amide bonds. The summed E-state index contributed by atoms with van der Waals surface area (Å²) < 4.78 is 22.2. The summed E-state index contributed by atoms with van der Waals surface area (Å²) in [6, 6.07) is 2.62. The van der Waals surface area contributed by atoms with Crippen LogP contribution in [0.15, 0.2) is 30.7 Å². The third-order valence-corrected chi connectivity index (χ3v) is 6.28. The molecule has 1 N–H and O–H groups in total. The molecule has 2 bridgehead atoms. The maximum absolute atomic E-state index is 14.3. The Balaban J connectivity index is 1.53. The van der Waals surface area contributed by atoms with Gasteiger partial charge in [0.1, 0.15) is 17.5 Å². The first-order valence-electron chi connectivity index (χ1n) is 10.6. The van der Waals surface area contributed by atoms with E-state index >= 15 is 0 Å². The van der Waals surface area contributed by atoms with Crippen LogP contribution in [0.25, 0.3) is 5.65 Å².